The molecule has 232 valence electrons. The Morgan fingerprint density at radius 2 is 1.10 bits per heavy atom. The molecule has 0 aliphatic heterocycles. The van der Waals surface area contributed by atoms with Gasteiger partial charge >= 0.3 is 0 Å². The van der Waals surface area contributed by atoms with Crippen molar-refractivity contribution >= 4 is 39.0 Å². The minimum Gasteiger partial charge on any atom is -0.456 e. The van der Waals surface area contributed by atoms with E-state index in [0.29, 0.717) is 0 Å². The van der Waals surface area contributed by atoms with E-state index in [1.165, 1.54) is 60.0 Å². The second-order valence-electron chi connectivity index (χ2n) is 15.0. The zero-order valence-corrected chi connectivity index (χ0v) is 27.0. The van der Waals surface area contributed by atoms with Crippen LogP contribution in [0, 0.1) is 23.7 Å². The maximum atomic E-state index is 6.43. The zero-order valence-electron chi connectivity index (χ0n) is 27.0. The van der Waals surface area contributed by atoms with Crippen LogP contribution in [-0.2, 0) is 5.41 Å². The highest BCUT2D eigenvalue weighted by atomic mass is 16.3. The van der Waals surface area contributed by atoms with E-state index in [-0.39, 0.29) is 5.41 Å². The summed E-state index contributed by atoms with van der Waals surface area (Å²) < 4.78 is 6.43. The Kier molecular flexibility index (Phi) is 5.59. The third-order valence-corrected chi connectivity index (χ3v) is 12.6. The molecule has 12 rings (SSSR count). The van der Waals surface area contributed by atoms with Crippen molar-refractivity contribution in [2.24, 2.45) is 23.7 Å². The lowest BCUT2D eigenvalue weighted by atomic mass is 9.43. The third kappa shape index (κ3) is 3.69. The fourth-order valence-corrected chi connectivity index (χ4v) is 11.0. The normalized spacial score (nSPS) is 24.8. The topological polar surface area (TPSA) is 16.4 Å². The van der Waals surface area contributed by atoms with E-state index in [9.17, 15) is 0 Å². The number of para-hydroxylation sites is 1. The molecule has 4 bridgehead atoms. The van der Waals surface area contributed by atoms with Gasteiger partial charge in [0.2, 0.25) is 0 Å². The van der Waals surface area contributed by atoms with Crippen molar-refractivity contribution < 1.29 is 4.42 Å². The largest absolute Gasteiger partial charge is 0.456 e. The molecule has 4 saturated carbocycles. The Morgan fingerprint density at radius 3 is 1.96 bits per heavy atom. The number of hydrogen-bond acceptors (Lipinski definition) is 2. The van der Waals surface area contributed by atoms with Gasteiger partial charge in [-0.3, -0.25) is 0 Å². The molecule has 1 heterocycles. The number of furan rings is 1. The Labute approximate surface area is 281 Å². The van der Waals surface area contributed by atoms with Crippen molar-refractivity contribution in [3.8, 4) is 22.3 Å². The van der Waals surface area contributed by atoms with Gasteiger partial charge in [-0.1, -0.05) is 91.0 Å². The predicted octanol–water partition coefficient (Wildman–Crippen LogP) is 12.4. The molecular weight excluding hydrogens is 583 g/mol. The van der Waals surface area contributed by atoms with E-state index in [0.717, 1.165) is 57.0 Å². The van der Waals surface area contributed by atoms with Gasteiger partial charge in [-0.05, 0) is 132 Å². The molecule has 48 heavy (non-hydrogen) atoms. The van der Waals surface area contributed by atoms with Gasteiger partial charge in [0, 0.05) is 39.3 Å². The minimum atomic E-state index is 0.170. The first kappa shape index (κ1) is 26.9. The van der Waals surface area contributed by atoms with Crippen molar-refractivity contribution in [3.63, 3.8) is 0 Å². The van der Waals surface area contributed by atoms with Crippen molar-refractivity contribution in [1.82, 2.24) is 0 Å². The number of rotatable bonds is 4. The minimum absolute atomic E-state index is 0.170. The fraction of sp³-hybridized carbons (Fsp3) is 0.217. The predicted molar refractivity (Wildman–Crippen MR) is 197 cm³/mol. The third-order valence-electron chi connectivity index (χ3n) is 12.6. The van der Waals surface area contributed by atoms with Crippen LogP contribution in [0.2, 0.25) is 0 Å². The number of fused-ring (bicyclic) bond motifs is 6. The molecule has 5 aliphatic rings. The standard InChI is InChI=1S/C46H37NO/c1-2-9-31(10-3-1)32-11-8-12-35(26-32)47(37-17-19-40-39-14-5-7-16-44(39)48-45(40)28-37)36-18-20-43-41(27-36)38-13-4-6-15-42(38)46(43)33-22-29-21-30(24-33)25-34(46)23-29/h1-20,26-30,33-34H,21-25H2. The van der Waals surface area contributed by atoms with Crippen LogP contribution in [0.3, 0.4) is 0 Å². The van der Waals surface area contributed by atoms with E-state index < -0.39 is 0 Å². The second-order valence-corrected chi connectivity index (χ2v) is 15.0. The lowest BCUT2D eigenvalue weighted by Crippen LogP contribution is -2.55. The van der Waals surface area contributed by atoms with Crippen molar-refractivity contribution in [2.45, 2.75) is 37.5 Å². The van der Waals surface area contributed by atoms with Gasteiger partial charge in [0.25, 0.3) is 0 Å². The first-order valence-electron chi connectivity index (χ1n) is 17.9. The second kappa shape index (κ2) is 9.97. The lowest BCUT2D eigenvalue weighted by Gasteiger charge is -2.61. The van der Waals surface area contributed by atoms with Crippen LogP contribution in [0.25, 0.3) is 44.2 Å². The summed E-state index contributed by atoms with van der Waals surface area (Å²) in [6.45, 7) is 0. The maximum Gasteiger partial charge on any atom is 0.137 e. The summed E-state index contributed by atoms with van der Waals surface area (Å²) in [4.78, 5) is 2.43. The summed E-state index contributed by atoms with van der Waals surface area (Å²) in [5.41, 5.74) is 13.9. The smallest absolute Gasteiger partial charge is 0.137 e. The first-order valence-corrected chi connectivity index (χ1v) is 17.9. The average molecular weight is 620 g/mol. The summed E-state index contributed by atoms with van der Waals surface area (Å²) in [7, 11) is 0. The number of benzene rings is 6. The summed E-state index contributed by atoms with van der Waals surface area (Å²) in [6.07, 6.45) is 7.08. The molecule has 0 amide bonds. The molecule has 2 heteroatoms. The number of anilines is 3. The van der Waals surface area contributed by atoms with Gasteiger partial charge in [0.05, 0.1) is 0 Å². The Morgan fingerprint density at radius 1 is 0.458 bits per heavy atom. The van der Waals surface area contributed by atoms with Gasteiger partial charge in [-0.2, -0.15) is 0 Å². The van der Waals surface area contributed by atoms with Crippen LogP contribution in [-0.4, -0.2) is 0 Å². The molecule has 0 saturated heterocycles. The fourth-order valence-electron chi connectivity index (χ4n) is 11.0. The Balaban J connectivity index is 1.12. The molecule has 0 N–H and O–H groups in total. The van der Waals surface area contributed by atoms with Crippen molar-refractivity contribution in [1.29, 1.82) is 0 Å². The molecule has 6 aromatic carbocycles. The van der Waals surface area contributed by atoms with Crippen molar-refractivity contribution in [3.05, 3.63) is 151 Å². The molecule has 5 aliphatic carbocycles. The van der Waals surface area contributed by atoms with E-state index in [1.54, 1.807) is 11.1 Å². The monoisotopic (exact) mass is 619 g/mol. The van der Waals surface area contributed by atoms with Gasteiger partial charge in [0.15, 0.2) is 0 Å². The summed E-state index contributed by atoms with van der Waals surface area (Å²) in [5.74, 6) is 3.40. The highest BCUT2D eigenvalue weighted by Crippen LogP contribution is 2.69. The first-order chi connectivity index (χ1) is 23.7. The van der Waals surface area contributed by atoms with Gasteiger partial charge in [0.1, 0.15) is 11.2 Å². The van der Waals surface area contributed by atoms with Crippen LogP contribution in [0.5, 0.6) is 0 Å². The molecule has 4 fully saturated rings. The van der Waals surface area contributed by atoms with Crippen LogP contribution in [0.4, 0.5) is 17.1 Å². The van der Waals surface area contributed by atoms with Gasteiger partial charge < -0.3 is 9.32 Å². The number of nitrogens with zero attached hydrogens (tertiary/aromatic N) is 1. The van der Waals surface area contributed by atoms with E-state index in [1.807, 2.05) is 6.07 Å². The molecule has 0 unspecified atom stereocenters. The van der Waals surface area contributed by atoms with E-state index >= 15 is 0 Å². The summed E-state index contributed by atoms with van der Waals surface area (Å²) in [6, 6.07) is 51.6. The lowest BCUT2D eigenvalue weighted by molar-refractivity contribution is -0.0399. The molecule has 0 atom stereocenters. The van der Waals surface area contributed by atoms with Crippen molar-refractivity contribution in [2.75, 3.05) is 4.90 Å². The quantitative estimate of drug-likeness (QED) is 0.195. The molecule has 7 aromatic rings. The van der Waals surface area contributed by atoms with E-state index in [2.05, 4.69) is 138 Å². The van der Waals surface area contributed by atoms with E-state index in [4.69, 9.17) is 4.42 Å². The van der Waals surface area contributed by atoms with Crippen LogP contribution in [0.15, 0.2) is 144 Å². The van der Waals surface area contributed by atoms with Crippen LogP contribution in [0.1, 0.15) is 43.2 Å². The van der Waals surface area contributed by atoms with Gasteiger partial charge in [-0.15, -0.1) is 0 Å². The zero-order chi connectivity index (χ0) is 31.4. The summed E-state index contributed by atoms with van der Waals surface area (Å²) >= 11 is 0. The maximum absolute atomic E-state index is 6.43. The molecule has 2 nitrogen and oxygen atoms in total. The Bertz CT molecular complexity index is 2350. The molecule has 1 aromatic heterocycles. The molecule has 1 spiro atoms. The highest BCUT2D eigenvalue weighted by molar-refractivity contribution is 6.06. The average Bonchev–Trinajstić information content (AvgIpc) is 3.64. The molecular formula is C46H37NO. The Hall–Kier alpha value is -5.08. The van der Waals surface area contributed by atoms with Gasteiger partial charge in [-0.25, -0.2) is 0 Å². The van der Waals surface area contributed by atoms with Crippen LogP contribution < -0.4 is 4.90 Å². The number of hydrogen-bond donors (Lipinski definition) is 0. The SMILES string of the molecule is c1ccc(-c2cccc(N(c3ccc4c(c3)-c3ccccc3C43C4CC5CC(C4)CC3C5)c3ccc4c(c3)oc3ccccc34)c2)cc1. The summed E-state index contributed by atoms with van der Waals surface area (Å²) in [5, 5.41) is 2.31. The highest BCUT2D eigenvalue weighted by Gasteiger charge is 2.61. The molecule has 0 radical (unpaired) electrons. The van der Waals surface area contributed by atoms with Crippen LogP contribution >= 0.6 is 0 Å².